The van der Waals surface area contributed by atoms with Crippen LogP contribution >= 0.6 is 34.8 Å². The summed E-state index contributed by atoms with van der Waals surface area (Å²) in [7, 11) is 0. The summed E-state index contributed by atoms with van der Waals surface area (Å²) in [6.45, 7) is 0. The van der Waals surface area contributed by atoms with E-state index in [1.807, 2.05) is 0 Å². The molecule has 0 aromatic carbocycles. The maximum atomic E-state index is 9.62. The highest BCUT2D eigenvalue weighted by Crippen LogP contribution is 2.25. The Hall–Kier alpha value is 0.260. The fourth-order valence-corrected chi connectivity index (χ4v) is 0. The van der Waals surface area contributed by atoms with Crippen molar-refractivity contribution in [2.24, 2.45) is 0 Å². The van der Waals surface area contributed by atoms with Crippen molar-refractivity contribution in [2.45, 2.75) is 3.79 Å². The van der Waals surface area contributed by atoms with E-state index in [-0.39, 0.29) is 0 Å². The van der Waals surface area contributed by atoms with E-state index in [4.69, 9.17) is 50.4 Å². The molecule has 0 aliphatic carbocycles. The number of rotatable bonds is 0. The van der Waals surface area contributed by atoms with Gasteiger partial charge in [0.25, 0.3) is 3.79 Å². The molecule has 0 bridgehead atoms. The monoisotopic (exact) mass is 196 g/mol. The molecule has 0 heterocycles. The smallest absolute Gasteiger partial charge is 0.356 e. The lowest BCUT2D eigenvalue weighted by Crippen LogP contribution is -2.16. The van der Waals surface area contributed by atoms with Crippen LogP contribution in [0.2, 0.25) is 0 Å². The summed E-state index contributed by atoms with van der Waals surface area (Å²) >= 11 is 14.4. The lowest BCUT2D eigenvalue weighted by Gasteiger charge is -1.99. The second-order valence-electron chi connectivity index (χ2n) is 0.803. The Labute approximate surface area is 65.5 Å². The molecule has 0 aliphatic heterocycles. The zero-order valence-corrected chi connectivity index (χ0v) is 6.15. The number of hydrogen-bond donors (Lipinski definition) is 3. The summed E-state index contributed by atoms with van der Waals surface area (Å²) in [4.78, 5) is 9.62. The van der Waals surface area contributed by atoms with Gasteiger partial charge in [-0.25, -0.2) is 4.79 Å². The van der Waals surface area contributed by atoms with E-state index in [0.29, 0.717) is 0 Å². The summed E-state index contributed by atoms with van der Waals surface area (Å²) in [6, 6.07) is 0. The zero-order valence-electron chi connectivity index (χ0n) is 3.88. The zero-order chi connectivity index (χ0) is 8.08. The van der Waals surface area contributed by atoms with Crippen molar-refractivity contribution in [1.29, 1.82) is 0 Å². The average molecular weight is 197 g/mol. The molecular weight excluding hydrogens is 194 g/mol. The van der Waals surface area contributed by atoms with E-state index >= 15 is 0 Å². The normalized spacial score (nSPS) is 9.44. The topological polar surface area (TPSA) is 77.8 Å². The number of halogens is 3. The van der Waals surface area contributed by atoms with Crippen LogP contribution in [0.5, 0.6) is 0 Å². The van der Waals surface area contributed by atoms with Crippen LogP contribution in [-0.2, 0) is 4.79 Å². The van der Waals surface area contributed by atoms with Gasteiger partial charge in [-0.05, 0) is 0 Å². The highest BCUT2D eigenvalue weighted by molar-refractivity contribution is 6.75. The predicted molar refractivity (Wildman–Crippen MR) is 33.2 cm³/mol. The lowest BCUT2D eigenvalue weighted by atomic mass is 10.8. The summed E-state index contributed by atoms with van der Waals surface area (Å²) in [5.41, 5.74) is 0. The van der Waals surface area contributed by atoms with E-state index in [1.165, 1.54) is 0 Å². The van der Waals surface area contributed by atoms with Gasteiger partial charge in [-0.2, -0.15) is 0 Å². The third-order valence-corrected chi connectivity index (χ3v) is 0.728. The second kappa shape index (κ2) is 5.08. The molecule has 7 heteroatoms. The molecule has 4 nitrogen and oxygen atoms in total. The molecule has 0 amide bonds. The van der Waals surface area contributed by atoms with Crippen molar-refractivity contribution in [3.63, 3.8) is 0 Å². The fraction of sp³-hybridized carbons (Fsp3) is 0.500. The SMILES string of the molecule is O=C(O)C(Cl)(Cl)Cl.OO. The molecule has 0 unspecified atom stereocenters. The van der Waals surface area contributed by atoms with Gasteiger partial charge in [-0.1, -0.05) is 34.8 Å². The van der Waals surface area contributed by atoms with Gasteiger partial charge >= 0.3 is 5.97 Å². The van der Waals surface area contributed by atoms with Crippen LogP contribution in [0.3, 0.4) is 0 Å². The number of carbonyl (C=O) groups is 1. The van der Waals surface area contributed by atoms with Gasteiger partial charge in [0.15, 0.2) is 0 Å². The predicted octanol–water partition coefficient (Wildman–Crippen LogP) is 1.46. The maximum Gasteiger partial charge on any atom is 0.356 e. The van der Waals surface area contributed by atoms with E-state index in [2.05, 4.69) is 0 Å². The average Bonchev–Trinajstić information content (AvgIpc) is 1.69. The molecule has 0 radical (unpaired) electrons. The van der Waals surface area contributed by atoms with Crippen LogP contribution in [0.4, 0.5) is 0 Å². The minimum Gasteiger partial charge on any atom is -0.478 e. The van der Waals surface area contributed by atoms with Crippen LogP contribution in [0.15, 0.2) is 0 Å². The molecule has 0 saturated carbocycles. The quantitative estimate of drug-likeness (QED) is 0.312. The molecule has 0 aliphatic rings. The Bertz CT molecular complexity index is 86.3. The molecule has 0 atom stereocenters. The number of carboxylic acid groups (broad SMARTS) is 1. The third-order valence-electron chi connectivity index (χ3n) is 0.243. The van der Waals surface area contributed by atoms with E-state index < -0.39 is 9.76 Å². The highest BCUT2D eigenvalue weighted by atomic mass is 35.6. The summed E-state index contributed by atoms with van der Waals surface area (Å²) in [5.74, 6) is -1.46. The largest absolute Gasteiger partial charge is 0.478 e. The van der Waals surface area contributed by atoms with Crippen LogP contribution in [0, 0.1) is 0 Å². The first-order valence-corrected chi connectivity index (χ1v) is 2.58. The minimum absolute atomic E-state index is 1.46. The van der Waals surface area contributed by atoms with Gasteiger partial charge in [-0.3, -0.25) is 10.5 Å². The Kier molecular flexibility index (Phi) is 6.76. The first-order chi connectivity index (χ1) is 3.94. The van der Waals surface area contributed by atoms with Crippen molar-refractivity contribution in [2.75, 3.05) is 0 Å². The van der Waals surface area contributed by atoms with Gasteiger partial charge in [-0.15, -0.1) is 0 Å². The van der Waals surface area contributed by atoms with Crippen molar-refractivity contribution in [3.8, 4) is 0 Å². The first-order valence-electron chi connectivity index (χ1n) is 1.44. The molecular formula is C2H3Cl3O4. The summed E-state index contributed by atoms with van der Waals surface area (Å²) < 4.78 is -2.17. The van der Waals surface area contributed by atoms with Gasteiger partial charge in [0.2, 0.25) is 0 Å². The van der Waals surface area contributed by atoms with Crippen molar-refractivity contribution in [1.82, 2.24) is 0 Å². The lowest BCUT2D eigenvalue weighted by molar-refractivity contribution is -0.176. The van der Waals surface area contributed by atoms with Crippen LogP contribution in [0.25, 0.3) is 0 Å². The van der Waals surface area contributed by atoms with Gasteiger partial charge in [0.05, 0.1) is 0 Å². The van der Waals surface area contributed by atoms with Gasteiger partial charge < -0.3 is 5.11 Å². The molecule has 0 saturated heterocycles. The van der Waals surface area contributed by atoms with Crippen LogP contribution in [-0.4, -0.2) is 25.4 Å². The number of aliphatic carboxylic acids is 1. The number of hydrogen-bond acceptors (Lipinski definition) is 3. The standard InChI is InChI=1S/C2HCl3O2.H2O2/c3-2(4,5)1(6)7;1-2/h(H,6,7);1-2H. The van der Waals surface area contributed by atoms with E-state index in [9.17, 15) is 4.79 Å². The number of carboxylic acids is 1. The Morgan fingerprint density at radius 1 is 1.22 bits per heavy atom. The van der Waals surface area contributed by atoms with E-state index in [0.717, 1.165) is 0 Å². The molecule has 9 heavy (non-hydrogen) atoms. The highest BCUT2D eigenvalue weighted by Gasteiger charge is 2.29. The molecule has 56 valence electrons. The maximum absolute atomic E-state index is 9.62. The molecule has 0 spiro atoms. The van der Waals surface area contributed by atoms with Gasteiger partial charge in [0.1, 0.15) is 0 Å². The Morgan fingerprint density at radius 3 is 1.33 bits per heavy atom. The Morgan fingerprint density at radius 2 is 1.33 bits per heavy atom. The molecule has 0 fully saturated rings. The third kappa shape index (κ3) is 8.26. The summed E-state index contributed by atoms with van der Waals surface area (Å²) in [5, 5.41) is 19.9. The first kappa shape index (κ1) is 12.0. The van der Waals surface area contributed by atoms with Crippen LogP contribution < -0.4 is 0 Å². The molecule has 0 rings (SSSR count). The molecule has 0 aromatic rings. The molecule has 3 N–H and O–H groups in total. The van der Waals surface area contributed by atoms with Crippen molar-refractivity contribution in [3.05, 3.63) is 0 Å². The second-order valence-corrected chi connectivity index (χ2v) is 3.08. The fourth-order valence-electron chi connectivity index (χ4n) is 0. The minimum atomic E-state index is -2.17. The van der Waals surface area contributed by atoms with Crippen LogP contribution in [0.1, 0.15) is 0 Å². The number of alkyl halides is 3. The molecule has 0 aromatic heterocycles. The Balaban J connectivity index is 0. The van der Waals surface area contributed by atoms with Crippen molar-refractivity contribution < 1.29 is 20.4 Å². The van der Waals surface area contributed by atoms with Gasteiger partial charge in [0, 0.05) is 0 Å². The summed E-state index contributed by atoms with van der Waals surface area (Å²) in [6.07, 6.45) is 0. The van der Waals surface area contributed by atoms with E-state index in [1.54, 1.807) is 0 Å². The van der Waals surface area contributed by atoms with Crippen molar-refractivity contribution >= 4 is 40.8 Å².